The molecule has 0 aromatic heterocycles. The number of halogens is 1. The molecule has 1 N–H and O–H groups in total. The molecule has 2 aromatic carbocycles. The van der Waals surface area contributed by atoms with Crippen molar-refractivity contribution >= 4 is 33.2 Å². The SMILES string of the molecule is CN1CCN(C(=O)c2ccc(Nc3c(Br)cccc3C#N)cc2)CC1. The van der Waals surface area contributed by atoms with E-state index in [1.807, 2.05) is 41.3 Å². The first-order valence-corrected chi connectivity index (χ1v) is 8.91. The van der Waals surface area contributed by atoms with Crippen LogP contribution in [0.3, 0.4) is 0 Å². The number of piperazine rings is 1. The molecule has 1 fully saturated rings. The average Bonchev–Trinajstić information content (AvgIpc) is 2.64. The summed E-state index contributed by atoms with van der Waals surface area (Å²) in [5.74, 6) is 0.0678. The predicted octanol–water partition coefficient (Wildman–Crippen LogP) is 3.45. The first-order valence-electron chi connectivity index (χ1n) is 8.12. The smallest absolute Gasteiger partial charge is 0.253 e. The van der Waals surface area contributed by atoms with Crippen LogP contribution in [0, 0.1) is 11.3 Å². The highest BCUT2D eigenvalue weighted by Gasteiger charge is 2.20. The minimum Gasteiger partial charge on any atom is -0.354 e. The molecular formula is C19H19BrN4O. The normalized spacial score (nSPS) is 14.8. The maximum Gasteiger partial charge on any atom is 0.253 e. The van der Waals surface area contributed by atoms with E-state index in [2.05, 4.69) is 39.3 Å². The largest absolute Gasteiger partial charge is 0.354 e. The van der Waals surface area contributed by atoms with E-state index < -0.39 is 0 Å². The fraction of sp³-hybridized carbons (Fsp3) is 0.263. The van der Waals surface area contributed by atoms with Gasteiger partial charge >= 0.3 is 0 Å². The van der Waals surface area contributed by atoms with Crippen LogP contribution in [0.5, 0.6) is 0 Å². The van der Waals surface area contributed by atoms with Gasteiger partial charge in [-0.3, -0.25) is 4.79 Å². The molecule has 0 unspecified atom stereocenters. The number of hydrogen-bond acceptors (Lipinski definition) is 4. The number of likely N-dealkylation sites (N-methyl/N-ethyl adjacent to an activating group) is 1. The molecule has 0 radical (unpaired) electrons. The highest BCUT2D eigenvalue weighted by atomic mass is 79.9. The summed E-state index contributed by atoms with van der Waals surface area (Å²) in [6.07, 6.45) is 0. The number of nitrogens with one attached hydrogen (secondary N) is 1. The molecule has 0 spiro atoms. The molecule has 2 aromatic rings. The lowest BCUT2D eigenvalue weighted by atomic mass is 10.1. The topological polar surface area (TPSA) is 59.4 Å². The summed E-state index contributed by atoms with van der Waals surface area (Å²) in [4.78, 5) is 16.7. The predicted molar refractivity (Wildman–Crippen MR) is 102 cm³/mol. The molecule has 1 saturated heterocycles. The number of amides is 1. The second-order valence-corrected chi connectivity index (χ2v) is 6.93. The van der Waals surface area contributed by atoms with Crippen molar-refractivity contribution in [1.82, 2.24) is 9.80 Å². The van der Waals surface area contributed by atoms with Crippen LogP contribution in [0.25, 0.3) is 0 Å². The standard InChI is InChI=1S/C19H19BrN4O/c1-23-9-11-24(12-10-23)19(25)14-5-7-16(8-6-14)22-18-15(13-21)3-2-4-17(18)20/h2-8,22H,9-12H2,1H3. The van der Waals surface area contributed by atoms with E-state index in [0.29, 0.717) is 11.1 Å². The lowest BCUT2D eigenvalue weighted by Gasteiger charge is -2.32. The molecule has 0 aliphatic carbocycles. The number of nitriles is 1. The molecule has 6 heteroatoms. The van der Waals surface area contributed by atoms with Gasteiger partial charge in [-0.1, -0.05) is 6.07 Å². The molecule has 128 valence electrons. The fourth-order valence-corrected chi connectivity index (χ4v) is 3.24. The third-order valence-corrected chi connectivity index (χ3v) is 4.99. The van der Waals surface area contributed by atoms with E-state index in [1.54, 1.807) is 6.07 Å². The van der Waals surface area contributed by atoms with E-state index in [4.69, 9.17) is 0 Å². The maximum atomic E-state index is 12.6. The Morgan fingerprint density at radius 3 is 2.44 bits per heavy atom. The van der Waals surface area contributed by atoms with Crippen LogP contribution in [0.2, 0.25) is 0 Å². The molecule has 1 aliphatic heterocycles. The van der Waals surface area contributed by atoms with Crippen molar-refractivity contribution in [1.29, 1.82) is 5.26 Å². The second-order valence-electron chi connectivity index (χ2n) is 6.07. The van der Waals surface area contributed by atoms with Gasteiger partial charge in [0.15, 0.2) is 0 Å². The number of nitrogens with zero attached hydrogens (tertiary/aromatic N) is 3. The van der Waals surface area contributed by atoms with Crippen LogP contribution < -0.4 is 5.32 Å². The number of para-hydroxylation sites is 1. The number of benzene rings is 2. The Morgan fingerprint density at radius 2 is 1.80 bits per heavy atom. The average molecular weight is 399 g/mol. The molecule has 0 atom stereocenters. The quantitative estimate of drug-likeness (QED) is 0.859. The van der Waals surface area contributed by atoms with Gasteiger partial charge in [-0.2, -0.15) is 5.26 Å². The fourth-order valence-electron chi connectivity index (χ4n) is 2.78. The zero-order valence-corrected chi connectivity index (χ0v) is 15.6. The number of carbonyl (C=O) groups is 1. The number of rotatable bonds is 3. The van der Waals surface area contributed by atoms with Gasteiger partial charge in [0.25, 0.3) is 5.91 Å². The van der Waals surface area contributed by atoms with Crippen molar-refractivity contribution in [2.75, 3.05) is 38.5 Å². The summed E-state index contributed by atoms with van der Waals surface area (Å²) in [5, 5.41) is 12.5. The maximum absolute atomic E-state index is 12.6. The molecular weight excluding hydrogens is 380 g/mol. The Kier molecular flexibility index (Phi) is 5.37. The summed E-state index contributed by atoms with van der Waals surface area (Å²) in [7, 11) is 2.07. The van der Waals surface area contributed by atoms with Gasteiger partial charge in [-0.15, -0.1) is 0 Å². The third kappa shape index (κ3) is 4.01. The molecule has 0 bridgehead atoms. The molecule has 1 amide bonds. The van der Waals surface area contributed by atoms with Crippen molar-refractivity contribution in [2.24, 2.45) is 0 Å². The number of anilines is 2. The highest BCUT2D eigenvalue weighted by Crippen LogP contribution is 2.29. The van der Waals surface area contributed by atoms with Gasteiger partial charge in [0, 0.05) is 41.9 Å². The third-order valence-electron chi connectivity index (χ3n) is 4.33. The van der Waals surface area contributed by atoms with E-state index in [1.165, 1.54) is 0 Å². The van der Waals surface area contributed by atoms with Gasteiger partial charge in [-0.25, -0.2) is 0 Å². The zero-order valence-electron chi connectivity index (χ0n) is 14.0. The minimum atomic E-state index is 0.0678. The molecule has 5 nitrogen and oxygen atoms in total. The second kappa shape index (κ2) is 7.68. The van der Waals surface area contributed by atoms with Gasteiger partial charge in [0.1, 0.15) is 6.07 Å². The van der Waals surface area contributed by atoms with E-state index >= 15 is 0 Å². The van der Waals surface area contributed by atoms with E-state index in [9.17, 15) is 10.1 Å². The van der Waals surface area contributed by atoms with E-state index in [0.717, 1.165) is 42.0 Å². The van der Waals surface area contributed by atoms with Gasteiger partial charge in [0.05, 0.1) is 11.3 Å². The summed E-state index contributed by atoms with van der Waals surface area (Å²) in [5.41, 5.74) is 2.80. The van der Waals surface area contributed by atoms with Crippen LogP contribution in [-0.2, 0) is 0 Å². The molecule has 1 aliphatic rings. The molecule has 0 saturated carbocycles. The lowest BCUT2D eigenvalue weighted by Crippen LogP contribution is -2.47. The van der Waals surface area contributed by atoms with Crippen LogP contribution in [0.4, 0.5) is 11.4 Å². The summed E-state index contributed by atoms with van der Waals surface area (Å²) < 4.78 is 0.823. The highest BCUT2D eigenvalue weighted by molar-refractivity contribution is 9.10. The van der Waals surface area contributed by atoms with Crippen LogP contribution in [0.15, 0.2) is 46.9 Å². The minimum absolute atomic E-state index is 0.0678. The summed E-state index contributed by atoms with van der Waals surface area (Å²) >= 11 is 3.46. The zero-order chi connectivity index (χ0) is 17.8. The Bertz CT molecular complexity index is 805. The van der Waals surface area contributed by atoms with Crippen molar-refractivity contribution in [3.8, 4) is 6.07 Å². The molecule has 1 heterocycles. The Labute approximate surface area is 156 Å². The van der Waals surface area contributed by atoms with Crippen LogP contribution in [-0.4, -0.2) is 48.9 Å². The summed E-state index contributed by atoms with van der Waals surface area (Å²) in [6.45, 7) is 3.34. The van der Waals surface area contributed by atoms with Gasteiger partial charge < -0.3 is 15.1 Å². The number of hydrogen-bond donors (Lipinski definition) is 1. The van der Waals surface area contributed by atoms with Crippen molar-refractivity contribution in [3.05, 3.63) is 58.1 Å². The first-order chi connectivity index (χ1) is 12.1. The molecule has 3 rings (SSSR count). The van der Waals surface area contributed by atoms with Gasteiger partial charge in [0.2, 0.25) is 0 Å². The van der Waals surface area contributed by atoms with Crippen molar-refractivity contribution in [2.45, 2.75) is 0 Å². The van der Waals surface area contributed by atoms with E-state index in [-0.39, 0.29) is 5.91 Å². The van der Waals surface area contributed by atoms with Gasteiger partial charge in [-0.05, 0) is 59.4 Å². The number of carbonyl (C=O) groups excluding carboxylic acids is 1. The van der Waals surface area contributed by atoms with Crippen molar-refractivity contribution < 1.29 is 4.79 Å². The monoisotopic (exact) mass is 398 g/mol. The Morgan fingerprint density at radius 1 is 1.12 bits per heavy atom. The Hall–Kier alpha value is -2.36. The molecule has 25 heavy (non-hydrogen) atoms. The van der Waals surface area contributed by atoms with Crippen molar-refractivity contribution in [3.63, 3.8) is 0 Å². The first kappa shape index (κ1) is 17.5. The lowest BCUT2D eigenvalue weighted by molar-refractivity contribution is 0.0664. The Balaban J connectivity index is 1.73. The van der Waals surface area contributed by atoms with Crippen LogP contribution in [0.1, 0.15) is 15.9 Å². The summed E-state index contributed by atoms with van der Waals surface area (Å²) in [6, 6.07) is 15.0. The van der Waals surface area contributed by atoms with Crippen LogP contribution >= 0.6 is 15.9 Å².